The maximum Gasteiger partial charge on any atom is 0.139 e. The Bertz CT molecular complexity index is 527. The van der Waals surface area contributed by atoms with Crippen LogP contribution in [-0.2, 0) is 9.59 Å². The van der Waals surface area contributed by atoms with Crippen LogP contribution in [0.15, 0.2) is 0 Å². The normalized spacial score (nSPS) is 54.6. The van der Waals surface area contributed by atoms with Gasteiger partial charge in [0.25, 0.3) is 0 Å². The predicted molar refractivity (Wildman–Crippen MR) is 83.1 cm³/mol. The van der Waals surface area contributed by atoms with Gasteiger partial charge in [-0.05, 0) is 61.7 Å². The van der Waals surface area contributed by atoms with Crippen molar-refractivity contribution in [2.24, 2.45) is 34.5 Å². The maximum absolute atomic E-state index is 12.8. The van der Waals surface area contributed by atoms with Crippen LogP contribution in [0.1, 0.15) is 65.2 Å². The minimum atomic E-state index is -0.291. The molecule has 0 aliphatic heterocycles. The van der Waals surface area contributed by atoms with E-state index < -0.39 is 0 Å². The highest BCUT2D eigenvalue weighted by Crippen LogP contribution is 2.64. The summed E-state index contributed by atoms with van der Waals surface area (Å²) in [5.74, 6) is 2.27. The number of hydrogen-bond acceptors (Lipinski definition) is 3. The lowest BCUT2D eigenvalue weighted by atomic mass is 9.45. The van der Waals surface area contributed by atoms with E-state index >= 15 is 0 Å². The molecule has 4 aliphatic carbocycles. The van der Waals surface area contributed by atoms with Crippen LogP contribution >= 0.6 is 0 Å². The van der Waals surface area contributed by atoms with E-state index in [0.717, 1.165) is 38.5 Å². The SMILES string of the molecule is C[C@]12CC[C@H](O)C[C@@H]1C(=O)C[C@H]1[C@H]2CC[C@]2(C)C(=O)CC[C@H]12. The fourth-order valence-corrected chi connectivity index (χ4v) is 6.79. The number of carbonyl (C=O) groups is 2. The molecule has 0 aromatic heterocycles. The summed E-state index contributed by atoms with van der Waals surface area (Å²) in [6, 6.07) is 0. The van der Waals surface area contributed by atoms with Gasteiger partial charge in [-0.2, -0.15) is 0 Å². The minimum absolute atomic E-state index is 0.0546. The molecule has 0 aromatic carbocycles. The molecule has 22 heavy (non-hydrogen) atoms. The summed E-state index contributed by atoms with van der Waals surface area (Å²) >= 11 is 0. The molecule has 0 saturated heterocycles. The molecule has 0 amide bonds. The van der Waals surface area contributed by atoms with Crippen molar-refractivity contribution in [1.82, 2.24) is 0 Å². The zero-order valence-electron chi connectivity index (χ0n) is 13.8. The van der Waals surface area contributed by atoms with E-state index in [0.29, 0.717) is 42.2 Å². The van der Waals surface area contributed by atoms with Gasteiger partial charge in [-0.1, -0.05) is 13.8 Å². The van der Waals surface area contributed by atoms with Crippen LogP contribution in [-0.4, -0.2) is 22.8 Å². The van der Waals surface area contributed by atoms with Crippen molar-refractivity contribution in [1.29, 1.82) is 0 Å². The van der Waals surface area contributed by atoms with Crippen LogP contribution in [0.2, 0.25) is 0 Å². The van der Waals surface area contributed by atoms with Crippen molar-refractivity contribution >= 4 is 11.6 Å². The highest BCUT2D eigenvalue weighted by Gasteiger charge is 2.62. The van der Waals surface area contributed by atoms with Crippen molar-refractivity contribution in [2.75, 3.05) is 0 Å². The molecule has 4 rings (SSSR count). The summed E-state index contributed by atoms with van der Waals surface area (Å²) in [6.45, 7) is 4.46. The van der Waals surface area contributed by atoms with Gasteiger partial charge in [-0.3, -0.25) is 9.59 Å². The highest BCUT2D eigenvalue weighted by molar-refractivity contribution is 5.88. The van der Waals surface area contributed by atoms with Crippen LogP contribution in [0.4, 0.5) is 0 Å². The van der Waals surface area contributed by atoms with Gasteiger partial charge in [0, 0.05) is 24.2 Å². The largest absolute Gasteiger partial charge is 0.393 e. The van der Waals surface area contributed by atoms with Gasteiger partial charge in [0.2, 0.25) is 0 Å². The predicted octanol–water partition coefficient (Wildman–Crippen LogP) is 3.14. The summed E-state index contributed by atoms with van der Waals surface area (Å²) in [6.07, 6.45) is 6.67. The number of aliphatic hydroxyl groups is 1. The van der Waals surface area contributed by atoms with Crippen LogP contribution in [0.3, 0.4) is 0 Å². The molecule has 7 atom stereocenters. The Kier molecular flexibility index (Phi) is 3.15. The second-order valence-corrected chi connectivity index (χ2v) is 8.95. The molecule has 0 radical (unpaired) electrons. The summed E-state index contributed by atoms with van der Waals surface area (Å²) in [4.78, 5) is 25.2. The van der Waals surface area contributed by atoms with Crippen molar-refractivity contribution in [3.8, 4) is 0 Å². The Labute approximate surface area is 132 Å². The zero-order valence-corrected chi connectivity index (χ0v) is 13.8. The second-order valence-electron chi connectivity index (χ2n) is 8.95. The Morgan fingerprint density at radius 1 is 1.05 bits per heavy atom. The highest BCUT2D eigenvalue weighted by atomic mass is 16.3. The molecular weight excluding hydrogens is 276 g/mol. The van der Waals surface area contributed by atoms with Gasteiger partial charge in [0.15, 0.2) is 0 Å². The van der Waals surface area contributed by atoms with Crippen molar-refractivity contribution in [2.45, 2.75) is 71.3 Å². The monoisotopic (exact) mass is 304 g/mol. The fourth-order valence-electron chi connectivity index (χ4n) is 6.79. The maximum atomic E-state index is 12.8. The molecule has 0 heterocycles. The second kappa shape index (κ2) is 4.66. The lowest BCUT2D eigenvalue weighted by molar-refractivity contribution is -0.160. The average molecular weight is 304 g/mol. The van der Waals surface area contributed by atoms with Crippen molar-refractivity contribution in [3.63, 3.8) is 0 Å². The Morgan fingerprint density at radius 3 is 2.59 bits per heavy atom. The molecule has 3 heteroatoms. The van der Waals surface area contributed by atoms with Crippen molar-refractivity contribution in [3.05, 3.63) is 0 Å². The molecule has 0 spiro atoms. The van der Waals surface area contributed by atoms with E-state index in [1.807, 2.05) is 0 Å². The third-order valence-corrected chi connectivity index (χ3v) is 8.14. The third-order valence-electron chi connectivity index (χ3n) is 8.14. The smallest absolute Gasteiger partial charge is 0.139 e. The van der Waals surface area contributed by atoms with E-state index in [1.165, 1.54) is 0 Å². The first-order valence-corrected chi connectivity index (χ1v) is 9.10. The van der Waals surface area contributed by atoms with Gasteiger partial charge in [0.1, 0.15) is 11.6 Å². The van der Waals surface area contributed by atoms with Gasteiger partial charge in [0.05, 0.1) is 6.10 Å². The molecule has 4 fully saturated rings. The summed E-state index contributed by atoms with van der Waals surface area (Å²) < 4.78 is 0. The summed E-state index contributed by atoms with van der Waals surface area (Å²) in [7, 11) is 0. The topological polar surface area (TPSA) is 54.4 Å². The van der Waals surface area contributed by atoms with Crippen LogP contribution in [0, 0.1) is 34.5 Å². The van der Waals surface area contributed by atoms with E-state index in [2.05, 4.69) is 13.8 Å². The summed E-state index contributed by atoms with van der Waals surface area (Å²) in [5.41, 5.74) is -0.0922. The fraction of sp³-hybridized carbons (Fsp3) is 0.895. The molecule has 122 valence electrons. The zero-order chi connectivity index (χ0) is 15.7. The lowest BCUT2D eigenvalue weighted by Crippen LogP contribution is -2.57. The number of carbonyl (C=O) groups excluding carboxylic acids is 2. The van der Waals surface area contributed by atoms with E-state index in [1.54, 1.807) is 0 Å². The molecule has 4 saturated carbocycles. The summed E-state index contributed by atoms with van der Waals surface area (Å²) in [5, 5.41) is 10.0. The number of ketones is 2. The number of Topliss-reactive ketones (excluding diaryl/α,β-unsaturated/α-hetero) is 2. The number of rotatable bonds is 0. The van der Waals surface area contributed by atoms with Gasteiger partial charge < -0.3 is 5.11 Å². The molecule has 0 aromatic rings. The third kappa shape index (κ3) is 1.78. The van der Waals surface area contributed by atoms with E-state index in [-0.39, 0.29) is 22.9 Å². The van der Waals surface area contributed by atoms with Crippen LogP contribution in [0.25, 0.3) is 0 Å². The van der Waals surface area contributed by atoms with Crippen molar-refractivity contribution < 1.29 is 14.7 Å². The quantitative estimate of drug-likeness (QED) is 0.748. The molecular formula is C19H28O3. The molecule has 3 nitrogen and oxygen atoms in total. The molecule has 1 N–H and O–H groups in total. The Balaban J connectivity index is 1.69. The first-order valence-electron chi connectivity index (χ1n) is 9.10. The first kappa shape index (κ1) is 14.9. The molecule has 0 unspecified atom stereocenters. The van der Waals surface area contributed by atoms with Gasteiger partial charge >= 0.3 is 0 Å². The van der Waals surface area contributed by atoms with E-state index in [4.69, 9.17) is 0 Å². The average Bonchev–Trinajstić information content (AvgIpc) is 2.77. The Morgan fingerprint density at radius 2 is 1.82 bits per heavy atom. The number of aliphatic hydroxyl groups excluding tert-OH is 1. The molecule has 4 aliphatic rings. The molecule has 0 bridgehead atoms. The number of hydrogen-bond donors (Lipinski definition) is 1. The first-order chi connectivity index (χ1) is 10.4. The van der Waals surface area contributed by atoms with Crippen LogP contribution in [0.5, 0.6) is 0 Å². The Hall–Kier alpha value is -0.700. The standard InChI is InChI=1S/C19H28O3/c1-18-7-5-11(20)9-15(18)16(21)10-12-13-3-4-17(22)19(13,2)8-6-14(12)18/h11-15,20H,3-10H2,1-2H3/t11-,12+,13+,14+,15+,18+,19-/m0/s1. The van der Waals surface area contributed by atoms with Crippen LogP contribution < -0.4 is 0 Å². The lowest BCUT2D eigenvalue weighted by Gasteiger charge is -2.59. The number of fused-ring (bicyclic) bond motifs is 5. The van der Waals surface area contributed by atoms with Gasteiger partial charge in [-0.25, -0.2) is 0 Å². The minimum Gasteiger partial charge on any atom is -0.393 e. The van der Waals surface area contributed by atoms with E-state index in [9.17, 15) is 14.7 Å². The van der Waals surface area contributed by atoms with Gasteiger partial charge in [-0.15, -0.1) is 0 Å².